The minimum absolute atomic E-state index is 0.0153. The second-order valence-electron chi connectivity index (χ2n) is 6.58. The van der Waals surface area contributed by atoms with E-state index in [0.29, 0.717) is 24.6 Å². The summed E-state index contributed by atoms with van der Waals surface area (Å²) in [5.41, 5.74) is 1.07. The van der Waals surface area contributed by atoms with Gasteiger partial charge in [0.2, 0.25) is 10.0 Å². The van der Waals surface area contributed by atoms with Gasteiger partial charge in [0.25, 0.3) is 0 Å². The van der Waals surface area contributed by atoms with Crippen LogP contribution in [0, 0.1) is 0 Å². The number of rotatable bonds is 5. The summed E-state index contributed by atoms with van der Waals surface area (Å²) in [5, 5.41) is 0. The molecule has 0 N–H and O–H groups in total. The van der Waals surface area contributed by atoms with Crippen LogP contribution in [0.25, 0.3) is 0 Å². The van der Waals surface area contributed by atoms with Gasteiger partial charge in [-0.05, 0) is 30.2 Å². The predicted molar refractivity (Wildman–Crippen MR) is 97.8 cm³/mol. The summed E-state index contributed by atoms with van der Waals surface area (Å²) in [6, 6.07) is 12.6. The molecule has 2 aliphatic rings. The largest absolute Gasteiger partial charge is 0.373 e. The zero-order valence-electron chi connectivity index (χ0n) is 13.7. The number of hydrogen-bond acceptors (Lipinski definition) is 5. The van der Waals surface area contributed by atoms with Crippen molar-refractivity contribution in [3.63, 3.8) is 0 Å². The number of sulfonamides is 1. The lowest BCUT2D eigenvalue weighted by atomic mass is 9.95. The topological polar surface area (TPSA) is 59.5 Å². The first-order valence-electron chi connectivity index (χ1n) is 8.27. The van der Waals surface area contributed by atoms with E-state index in [9.17, 15) is 8.42 Å². The number of benzene rings is 1. The molecule has 0 radical (unpaired) electrons. The highest BCUT2D eigenvalue weighted by Crippen LogP contribution is 2.47. The van der Waals surface area contributed by atoms with E-state index in [1.54, 1.807) is 34.8 Å². The van der Waals surface area contributed by atoms with E-state index in [1.165, 1.54) is 0 Å². The molecule has 1 aromatic heterocycles. The minimum Gasteiger partial charge on any atom is -0.373 e. The summed E-state index contributed by atoms with van der Waals surface area (Å²) in [6.45, 7) is 1.70. The summed E-state index contributed by atoms with van der Waals surface area (Å²) in [6.07, 6.45) is 4.64. The highest BCUT2D eigenvalue weighted by Gasteiger charge is 2.53. The number of hydrogen-bond donors (Lipinski definition) is 0. The van der Waals surface area contributed by atoms with Gasteiger partial charge in [-0.15, -0.1) is 11.8 Å². The molecule has 2 aromatic rings. The molecule has 1 atom stereocenters. The average molecular weight is 377 g/mol. The van der Waals surface area contributed by atoms with E-state index in [4.69, 9.17) is 4.74 Å². The maximum atomic E-state index is 12.6. The molecular weight excluding hydrogens is 356 g/mol. The van der Waals surface area contributed by atoms with Gasteiger partial charge in [-0.2, -0.15) is 4.31 Å². The smallest absolute Gasteiger partial charge is 0.243 e. The maximum Gasteiger partial charge on any atom is 0.243 e. The van der Waals surface area contributed by atoms with Crippen molar-refractivity contribution in [3.8, 4) is 0 Å². The Bertz CT molecular complexity index is 822. The maximum absolute atomic E-state index is 12.6. The summed E-state index contributed by atoms with van der Waals surface area (Å²) < 4.78 is 32.8. The molecular formula is C18H20N2O3S2. The van der Waals surface area contributed by atoms with Gasteiger partial charge in [-0.25, -0.2) is 8.42 Å². The first kappa shape index (κ1) is 17.0. The monoisotopic (exact) mass is 376 g/mol. The van der Waals surface area contributed by atoms with Gasteiger partial charge >= 0.3 is 0 Å². The van der Waals surface area contributed by atoms with Crippen molar-refractivity contribution >= 4 is 21.8 Å². The predicted octanol–water partition coefficient (Wildman–Crippen LogP) is 2.55. The SMILES string of the molecule is O=S(=O)(c1ccccc1)N1CC2(C[C@@H](OCc3cccnc3)CS2)C1. The van der Waals surface area contributed by atoms with E-state index < -0.39 is 10.0 Å². The standard InChI is InChI=1S/C18H20N2O3S2/c21-25(22,17-6-2-1-3-7-17)20-13-18(14-20)9-16(12-24-18)23-11-15-5-4-8-19-10-15/h1-8,10,16H,9,11-14H2/t16-/m1/s1. The Kier molecular flexibility index (Phi) is 4.58. The molecule has 0 bridgehead atoms. The molecule has 132 valence electrons. The van der Waals surface area contributed by atoms with Crippen LogP contribution in [-0.4, -0.2) is 47.4 Å². The molecule has 0 aliphatic carbocycles. The molecule has 25 heavy (non-hydrogen) atoms. The van der Waals surface area contributed by atoms with Gasteiger partial charge in [-0.3, -0.25) is 4.98 Å². The van der Waals surface area contributed by atoms with E-state index >= 15 is 0 Å². The third kappa shape index (κ3) is 3.46. The first-order valence-corrected chi connectivity index (χ1v) is 10.7. The molecule has 0 unspecified atom stereocenters. The number of thioether (sulfide) groups is 1. The van der Waals surface area contributed by atoms with Crippen molar-refractivity contribution in [1.29, 1.82) is 0 Å². The summed E-state index contributed by atoms with van der Waals surface area (Å²) in [5.74, 6) is 0.916. The van der Waals surface area contributed by atoms with Crippen LogP contribution in [0.1, 0.15) is 12.0 Å². The first-order chi connectivity index (χ1) is 12.1. The van der Waals surface area contributed by atoms with E-state index in [-0.39, 0.29) is 10.9 Å². The lowest BCUT2D eigenvalue weighted by Gasteiger charge is -2.46. The molecule has 0 saturated carbocycles. The number of pyridine rings is 1. The Balaban J connectivity index is 1.33. The fraction of sp³-hybridized carbons (Fsp3) is 0.389. The van der Waals surface area contributed by atoms with Crippen LogP contribution in [0.15, 0.2) is 59.8 Å². The highest BCUT2D eigenvalue weighted by molar-refractivity contribution is 8.01. The summed E-state index contributed by atoms with van der Waals surface area (Å²) in [7, 11) is -3.37. The molecule has 2 aliphatic heterocycles. The van der Waals surface area contributed by atoms with Crippen molar-refractivity contribution in [2.45, 2.75) is 28.8 Å². The second kappa shape index (κ2) is 6.72. The molecule has 3 heterocycles. The summed E-state index contributed by atoms with van der Waals surface area (Å²) in [4.78, 5) is 4.47. The third-order valence-corrected chi connectivity index (χ3v) is 8.08. The average Bonchev–Trinajstić information content (AvgIpc) is 3.05. The number of nitrogens with zero attached hydrogens (tertiary/aromatic N) is 2. The molecule has 4 rings (SSSR count). The Morgan fingerprint density at radius 3 is 2.72 bits per heavy atom. The van der Waals surface area contributed by atoms with Crippen molar-refractivity contribution < 1.29 is 13.2 Å². The second-order valence-corrected chi connectivity index (χ2v) is 10.0. The van der Waals surface area contributed by atoms with Crippen LogP contribution < -0.4 is 0 Å². The molecule has 0 amide bonds. The van der Waals surface area contributed by atoms with Crippen LogP contribution in [0.5, 0.6) is 0 Å². The van der Waals surface area contributed by atoms with Crippen LogP contribution in [0.3, 0.4) is 0 Å². The van der Waals surface area contributed by atoms with Gasteiger partial charge in [0, 0.05) is 36.0 Å². The molecule has 1 spiro atoms. The Labute approximate surface area is 152 Å². The third-order valence-electron chi connectivity index (χ3n) is 4.69. The fourth-order valence-electron chi connectivity index (χ4n) is 3.34. The minimum atomic E-state index is -3.37. The van der Waals surface area contributed by atoms with Gasteiger partial charge in [0.15, 0.2) is 0 Å². The molecule has 2 saturated heterocycles. The summed E-state index contributed by atoms with van der Waals surface area (Å²) >= 11 is 1.84. The van der Waals surface area contributed by atoms with Crippen LogP contribution in [0.4, 0.5) is 0 Å². The molecule has 1 aromatic carbocycles. The van der Waals surface area contributed by atoms with Gasteiger partial charge in [0.05, 0.1) is 17.6 Å². The van der Waals surface area contributed by atoms with Crippen molar-refractivity contribution in [1.82, 2.24) is 9.29 Å². The van der Waals surface area contributed by atoms with Crippen molar-refractivity contribution in [3.05, 3.63) is 60.4 Å². The van der Waals surface area contributed by atoms with Gasteiger partial charge in [0.1, 0.15) is 0 Å². The molecule has 5 nitrogen and oxygen atoms in total. The van der Waals surface area contributed by atoms with Crippen LogP contribution in [0.2, 0.25) is 0 Å². The van der Waals surface area contributed by atoms with Gasteiger partial charge in [-0.1, -0.05) is 24.3 Å². The Hall–Kier alpha value is -1.41. The zero-order chi connectivity index (χ0) is 17.3. The lowest BCUT2D eigenvalue weighted by Crippen LogP contribution is -2.60. The zero-order valence-corrected chi connectivity index (χ0v) is 15.4. The van der Waals surface area contributed by atoms with Crippen LogP contribution >= 0.6 is 11.8 Å². The molecule has 7 heteroatoms. The quantitative estimate of drug-likeness (QED) is 0.803. The van der Waals surface area contributed by atoms with Gasteiger partial charge < -0.3 is 4.74 Å². The number of aromatic nitrogens is 1. The lowest BCUT2D eigenvalue weighted by molar-refractivity contribution is 0.0396. The number of ether oxygens (including phenoxy) is 1. The van der Waals surface area contributed by atoms with E-state index in [2.05, 4.69) is 4.98 Å². The Morgan fingerprint density at radius 2 is 2.00 bits per heavy atom. The Morgan fingerprint density at radius 1 is 1.20 bits per heavy atom. The van der Waals surface area contributed by atoms with E-state index in [1.807, 2.05) is 36.2 Å². The van der Waals surface area contributed by atoms with Crippen molar-refractivity contribution in [2.75, 3.05) is 18.8 Å². The highest BCUT2D eigenvalue weighted by atomic mass is 32.2. The van der Waals surface area contributed by atoms with Crippen LogP contribution in [-0.2, 0) is 21.4 Å². The molecule has 2 fully saturated rings. The normalized spacial score (nSPS) is 22.8. The fourth-order valence-corrected chi connectivity index (χ4v) is 6.68. The van der Waals surface area contributed by atoms with Crippen molar-refractivity contribution in [2.24, 2.45) is 0 Å². The van der Waals surface area contributed by atoms with E-state index in [0.717, 1.165) is 17.7 Å².